The van der Waals surface area contributed by atoms with Crippen LogP contribution in [-0.2, 0) is 4.79 Å². The number of likely N-dealkylation sites (N-methyl/N-ethyl adjacent to an activating group) is 1. The van der Waals surface area contributed by atoms with Gasteiger partial charge in [0, 0.05) is 56.9 Å². The number of nitrogens with zero attached hydrogens (tertiary/aromatic N) is 5. The topological polar surface area (TPSA) is 98.3 Å². The molecule has 0 unspecified atom stereocenters. The summed E-state index contributed by atoms with van der Waals surface area (Å²) in [5.41, 5.74) is 2.06. The number of anilines is 4. The molecule has 3 heterocycles. The van der Waals surface area contributed by atoms with Gasteiger partial charge in [-0.05, 0) is 57.2 Å². The van der Waals surface area contributed by atoms with Gasteiger partial charge in [-0.2, -0.15) is 4.98 Å². The molecule has 9 heteroatoms. The Morgan fingerprint density at radius 1 is 1.03 bits per heavy atom. The number of hydrogen-bond donors (Lipinski definition) is 3. The van der Waals surface area contributed by atoms with Gasteiger partial charge in [0.05, 0.1) is 11.9 Å². The van der Waals surface area contributed by atoms with Crippen molar-refractivity contribution in [2.24, 2.45) is 5.92 Å². The van der Waals surface area contributed by atoms with E-state index in [2.05, 4.69) is 48.8 Å². The molecule has 0 bridgehead atoms. The maximum atomic E-state index is 12.0. The Labute approximate surface area is 201 Å². The molecule has 1 amide bonds. The summed E-state index contributed by atoms with van der Waals surface area (Å²) in [6, 6.07) is 4.10. The summed E-state index contributed by atoms with van der Waals surface area (Å²) in [5.74, 6) is 3.49. The molecule has 0 aromatic carbocycles. The second-order valence-corrected chi connectivity index (χ2v) is 9.79. The van der Waals surface area contributed by atoms with Crippen LogP contribution in [0.25, 0.3) is 0 Å². The van der Waals surface area contributed by atoms with E-state index in [0.717, 1.165) is 69.3 Å². The van der Waals surface area contributed by atoms with E-state index in [-0.39, 0.29) is 11.8 Å². The summed E-state index contributed by atoms with van der Waals surface area (Å²) in [4.78, 5) is 30.6. The van der Waals surface area contributed by atoms with Crippen molar-refractivity contribution in [1.29, 1.82) is 0 Å². The highest BCUT2D eigenvalue weighted by atomic mass is 16.1. The molecule has 0 spiro atoms. The van der Waals surface area contributed by atoms with Gasteiger partial charge in [-0.15, -0.1) is 0 Å². The first-order valence-corrected chi connectivity index (χ1v) is 12.7. The fourth-order valence-electron chi connectivity index (χ4n) is 4.42. The van der Waals surface area contributed by atoms with Crippen molar-refractivity contribution in [3.8, 4) is 0 Å². The highest BCUT2D eigenvalue weighted by molar-refractivity contribution is 5.79. The van der Waals surface area contributed by atoms with Crippen LogP contribution in [0.15, 0.2) is 24.5 Å². The van der Waals surface area contributed by atoms with Crippen LogP contribution in [0.5, 0.6) is 0 Å². The molecule has 2 aromatic heterocycles. The lowest BCUT2D eigenvalue weighted by Crippen LogP contribution is -2.44. The Bertz CT molecular complexity index is 965. The smallest absolute Gasteiger partial charge is 0.229 e. The molecule has 5 rings (SSSR count). The van der Waals surface area contributed by atoms with Gasteiger partial charge in [0.15, 0.2) is 0 Å². The van der Waals surface area contributed by atoms with Gasteiger partial charge < -0.3 is 25.8 Å². The van der Waals surface area contributed by atoms with Crippen LogP contribution in [-0.4, -0.2) is 72.1 Å². The van der Waals surface area contributed by atoms with Gasteiger partial charge in [-0.1, -0.05) is 6.42 Å². The van der Waals surface area contributed by atoms with Crippen molar-refractivity contribution in [3.05, 3.63) is 30.1 Å². The summed E-state index contributed by atoms with van der Waals surface area (Å²) in [6.45, 7) is 5.59. The Balaban J connectivity index is 1.15. The van der Waals surface area contributed by atoms with Crippen molar-refractivity contribution < 1.29 is 4.79 Å². The Morgan fingerprint density at radius 2 is 1.85 bits per heavy atom. The minimum Gasteiger partial charge on any atom is -0.370 e. The standard InChI is InChI=1S/C25H36N8O/c1-32-12-14-33(15-13-32)22-9-8-20(16-28-22)30-25-29-17-21(18-6-7-18)23(31-25)26-10-3-11-27-24(34)19-4-2-5-19/h8-9,16-19H,2-7,10-15H2,1H3,(H,27,34)(H2,26,29,30,31). The number of amides is 1. The fraction of sp³-hybridized carbons (Fsp3) is 0.600. The highest BCUT2D eigenvalue weighted by Crippen LogP contribution is 2.42. The minimum absolute atomic E-state index is 0.214. The van der Waals surface area contributed by atoms with Crippen molar-refractivity contribution in [3.63, 3.8) is 0 Å². The number of pyridine rings is 1. The Kier molecular flexibility index (Phi) is 7.08. The quantitative estimate of drug-likeness (QED) is 0.462. The van der Waals surface area contributed by atoms with Crippen LogP contribution in [0.3, 0.4) is 0 Å². The second-order valence-electron chi connectivity index (χ2n) is 9.79. The van der Waals surface area contributed by atoms with E-state index in [1.165, 1.54) is 24.8 Å². The molecule has 34 heavy (non-hydrogen) atoms. The number of aromatic nitrogens is 3. The van der Waals surface area contributed by atoms with E-state index in [9.17, 15) is 4.79 Å². The molecule has 0 atom stereocenters. The number of hydrogen-bond acceptors (Lipinski definition) is 8. The Morgan fingerprint density at radius 3 is 2.53 bits per heavy atom. The summed E-state index contributed by atoms with van der Waals surface area (Å²) >= 11 is 0. The normalized spacial score (nSPS) is 18.9. The fourth-order valence-corrected chi connectivity index (χ4v) is 4.42. The van der Waals surface area contributed by atoms with Crippen LogP contribution >= 0.6 is 0 Å². The van der Waals surface area contributed by atoms with Crippen LogP contribution in [0, 0.1) is 5.92 Å². The van der Waals surface area contributed by atoms with E-state index in [1.54, 1.807) is 0 Å². The molecule has 2 aromatic rings. The third-order valence-corrected chi connectivity index (χ3v) is 7.09. The van der Waals surface area contributed by atoms with E-state index >= 15 is 0 Å². The lowest BCUT2D eigenvalue weighted by atomic mass is 9.85. The summed E-state index contributed by atoms with van der Waals surface area (Å²) in [7, 11) is 2.16. The number of nitrogens with one attached hydrogen (secondary N) is 3. The molecule has 2 saturated carbocycles. The molecule has 0 radical (unpaired) electrons. The van der Waals surface area contributed by atoms with Crippen LogP contribution in [0.1, 0.15) is 50.0 Å². The van der Waals surface area contributed by atoms with Crippen LogP contribution < -0.4 is 20.9 Å². The molecular weight excluding hydrogens is 428 g/mol. The molecule has 1 aliphatic heterocycles. The first-order chi connectivity index (χ1) is 16.7. The SMILES string of the molecule is CN1CCN(c2ccc(Nc3ncc(C4CC4)c(NCCCNC(=O)C4CCC4)n3)cn2)CC1. The number of carbonyl (C=O) groups is 1. The number of piperazine rings is 1. The lowest BCUT2D eigenvalue weighted by Gasteiger charge is -2.33. The summed E-state index contributed by atoms with van der Waals surface area (Å²) in [6.07, 6.45) is 10.3. The van der Waals surface area contributed by atoms with E-state index in [1.807, 2.05) is 18.5 Å². The van der Waals surface area contributed by atoms with Gasteiger partial charge >= 0.3 is 0 Å². The molecule has 1 saturated heterocycles. The van der Waals surface area contributed by atoms with E-state index in [4.69, 9.17) is 4.98 Å². The van der Waals surface area contributed by atoms with Gasteiger partial charge in [0.2, 0.25) is 11.9 Å². The van der Waals surface area contributed by atoms with Crippen molar-refractivity contribution in [2.45, 2.75) is 44.4 Å². The first kappa shape index (κ1) is 22.8. The van der Waals surface area contributed by atoms with Crippen LogP contribution in [0.2, 0.25) is 0 Å². The monoisotopic (exact) mass is 464 g/mol. The number of carbonyl (C=O) groups excluding carboxylic acids is 1. The number of rotatable bonds is 10. The average Bonchev–Trinajstić information content (AvgIpc) is 3.64. The Hall–Kier alpha value is -2.94. The third-order valence-electron chi connectivity index (χ3n) is 7.09. The minimum atomic E-state index is 0.214. The molecule has 3 N–H and O–H groups in total. The van der Waals surface area contributed by atoms with Crippen molar-refractivity contribution in [2.75, 3.05) is 61.8 Å². The average molecular weight is 465 g/mol. The van der Waals surface area contributed by atoms with Gasteiger partial charge in [0.25, 0.3) is 0 Å². The third kappa shape index (κ3) is 5.75. The zero-order valence-corrected chi connectivity index (χ0v) is 20.1. The zero-order chi connectivity index (χ0) is 23.3. The summed E-state index contributed by atoms with van der Waals surface area (Å²) in [5, 5.41) is 9.84. The van der Waals surface area contributed by atoms with Gasteiger partial charge in [-0.25, -0.2) is 9.97 Å². The van der Waals surface area contributed by atoms with Gasteiger partial charge in [-0.3, -0.25) is 4.79 Å². The van der Waals surface area contributed by atoms with E-state index < -0.39 is 0 Å². The molecule has 3 fully saturated rings. The van der Waals surface area contributed by atoms with Crippen molar-refractivity contribution >= 4 is 29.2 Å². The predicted octanol–water partition coefficient (Wildman–Crippen LogP) is 2.96. The highest BCUT2D eigenvalue weighted by Gasteiger charge is 2.28. The van der Waals surface area contributed by atoms with Gasteiger partial charge in [0.1, 0.15) is 11.6 Å². The first-order valence-electron chi connectivity index (χ1n) is 12.7. The lowest BCUT2D eigenvalue weighted by molar-refractivity contribution is -0.127. The van der Waals surface area contributed by atoms with E-state index in [0.29, 0.717) is 18.4 Å². The van der Waals surface area contributed by atoms with Crippen LogP contribution in [0.4, 0.5) is 23.3 Å². The molecule has 3 aliphatic rings. The zero-order valence-electron chi connectivity index (χ0n) is 20.1. The maximum Gasteiger partial charge on any atom is 0.229 e. The second kappa shape index (κ2) is 10.5. The summed E-state index contributed by atoms with van der Waals surface area (Å²) < 4.78 is 0. The molecule has 182 valence electrons. The largest absolute Gasteiger partial charge is 0.370 e. The molecule has 2 aliphatic carbocycles. The van der Waals surface area contributed by atoms with Crippen molar-refractivity contribution in [1.82, 2.24) is 25.2 Å². The maximum absolute atomic E-state index is 12.0. The predicted molar refractivity (Wildman–Crippen MR) is 135 cm³/mol. The molecular formula is C25H36N8O. The molecule has 9 nitrogen and oxygen atoms in total.